The molecule has 0 aliphatic carbocycles. The minimum absolute atomic E-state index is 0.0446. The maximum Gasteiger partial charge on any atom is 0.259 e. The Morgan fingerprint density at radius 1 is 1.15 bits per heavy atom. The number of anilines is 1. The Bertz CT molecular complexity index is 638. The molecule has 0 aliphatic heterocycles. The Kier molecular flexibility index (Phi) is 3.91. The fraction of sp³-hybridized carbons (Fsp3) is 0.133. The van der Waals surface area contributed by atoms with E-state index >= 15 is 0 Å². The lowest BCUT2D eigenvalue weighted by atomic mass is 10.1. The topological polar surface area (TPSA) is 89.8 Å². The molecule has 0 fully saturated rings. The molecule has 0 aromatic heterocycles. The molecule has 0 aliphatic rings. The van der Waals surface area contributed by atoms with E-state index in [4.69, 9.17) is 0 Å². The second-order valence-corrected chi connectivity index (χ2v) is 4.42. The first-order chi connectivity index (χ1) is 9.49. The molecular formula is C15H15NO4. The molecule has 2 aromatic carbocycles. The van der Waals surface area contributed by atoms with Gasteiger partial charge in [0.05, 0.1) is 11.7 Å². The van der Waals surface area contributed by atoms with Gasteiger partial charge in [0.25, 0.3) is 5.91 Å². The number of carbonyl (C=O) groups excluding carboxylic acids is 1. The molecule has 20 heavy (non-hydrogen) atoms. The first-order valence-corrected chi connectivity index (χ1v) is 6.09. The van der Waals surface area contributed by atoms with Crippen LogP contribution in [-0.2, 0) is 0 Å². The number of nitrogens with one attached hydrogen (secondary N) is 1. The molecule has 5 nitrogen and oxygen atoms in total. The molecule has 0 heterocycles. The maximum atomic E-state index is 12.1. The zero-order chi connectivity index (χ0) is 14.7. The number of carbonyl (C=O) groups is 1. The first-order valence-electron chi connectivity index (χ1n) is 6.09. The highest BCUT2D eigenvalue weighted by atomic mass is 16.3. The highest BCUT2D eigenvalue weighted by Gasteiger charge is 2.14. The molecule has 5 heteroatoms. The number of amides is 1. The number of aliphatic hydroxyl groups is 1. The van der Waals surface area contributed by atoms with Crippen molar-refractivity contribution in [2.24, 2.45) is 0 Å². The number of hydrogen-bond donors (Lipinski definition) is 4. The van der Waals surface area contributed by atoms with Crippen molar-refractivity contribution in [3.8, 4) is 11.5 Å². The predicted octanol–water partition coefficient (Wildman–Crippen LogP) is 2.40. The molecule has 4 N–H and O–H groups in total. The molecule has 2 rings (SSSR count). The number of rotatable bonds is 3. The van der Waals surface area contributed by atoms with E-state index in [1.807, 2.05) is 0 Å². The van der Waals surface area contributed by atoms with Gasteiger partial charge in [0.15, 0.2) is 0 Å². The summed E-state index contributed by atoms with van der Waals surface area (Å²) >= 11 is 0. The predicted molar refractivity (Wildman–Crippen MR) is 74.8 cm³/mol. The van der Waals surface area contributed by atoms with Gasteiger partial charge in [-0.2, -0.15) is 0 Å². The van der Waals surface area contributed by atoms with Crippen molar-refractivity contribution in [1.82, 2.24) is 0 Å². The number of aliphatic hydroxyl groups excluding tert-OH is 1. The van der Waals surface area contributed by atoms with Crippen LogP contribution in [0.4, 0.5) is 5.69 Å². The van der Waals surface area contributed by atoms with Crippen molar-refractivity contribution in [2.75, 3.05) is 5.32 Å². The van der Waals surface area contributed by atoms with Gasteiger partial charge in [-0.25, -0.2) is 0 Å². The average molecular weight is 273 g/mol. The van der Waals surface area contributed by atoms with Gasteiger partial charge in [-0.15, -0.1) is 0 Å². The first kappa shape index (κ1) is 13.9. The Morgan fingerprint density at radius 3 is 2.50 bits per heavy atom. The van der Waals surface area contributed by atoms with E-state index in [0.29, 0.717) is 11.3 Å². The molecule has 0 bridgehead atoms. The number of hydrogen-bond acceptors (Lipinski definition) is 4. The molecule has 1 unspecified atom stereocenters. The standard InChI is InChI=1S/C15H15NO4/c1-9(17)11-4-2-3-5-13(11)16-15(20)12-7-6-10(18)8-14(12)19/h2-9,17-19H,1H3,(H,16,20). The smallest absolute Gasteiger partial charge is 0.259 e. The largest absolute Gasteiger partial charge is 0.508 e. The zero-order valence-electron chi connectivity index (χ0n) is 10.9. The van der Waals surface area contributed by atoms with Gasteiger partial charge in [-0.1, -0.05) is 18.2 Å². The van der Waals surface area contributed by atoms with Crippen molar-refractivity contribution < 1.29 is 20.1 Å². The summed E-state index contributed by atoms with van der Waals surface area (Å²) in [6, 6.07) is 10.6. The summed E-state index contributed by atoms with van der Waals surface area (Å²) in [6.45, 7) is 1.60. The van der Waals surface area contributed by atoms with Crippen LogP contribution in [0, 0.1) is 0 Å². The van der Waals surface area contributed by atoms with E-state index < -0.39 is 12.0 Å². The normalized spacial score (nSPS) is 11.9. The molecule has 1 atom stereocenters. The van der Waals surface area contributed by atoms with E-state index in [-0.39, 0.29) is 17.1 Å². The summed E-state index contributed by atoms with van der Waals surface area (Å²) in [6.07, 6.45) is -0.722. The Hall–Kier alpha value is -2.53. The van der Waals surface area contributed by atoms with Crippen LogP contribution < -0.4 is 5.32 Å². The van der Waals surface area contributed by atoms with Gasteiger partial charge in [0.1, 0.15) is 11.5 Å². The van der Waals surface area contributed by atoms with Crippen molar-refractivity contribution in [3.05, 3.63) is 53.6 Å². The Labute approximate surface area is 116 Å². The number of para-hydroxylation sites is 1. The van der Waals surface area contributed by atoms with Crippen LogP contribution in [0.3, 0.4) is 0 Å². The molecule has 104 valence electrons. The van der Waals surface area contributed by atoms with Crippen LogP contribution in [0.25, 0.3) is 0 Å². The molecular weight excluding hydrogens is 258 g/mol. The van der Waals surface area contributed by atoms with Gasteiger partial charge in [-0.05, 0) is 25.1 Å². The summed E-state index contributed by atoms with van der Waals surface area (Å²) < 4.78 is 0. The van der Waals surface area contributed by atoms with Crippen LogP contribution in [-0.4, -0.2) is 21.2 Å². The summed E-state index contributed by atoms with van der Waals surface area (Å²) in [5, 5.41) is 31.1. The lowest BCUT2D eigenvalue weighted by Crippen LogP contribution is -2.14. The monoisotopic (exact) mass is 273 g/mol. The minimum Gasteiger partial charge on any atom is -0.508 e. The van der Waals surface area contributed by atoms with Crippen LogP contribution in [0.1, 0.15) is 28.9 Å². The van der Waals surface area contributed by atoms with Crippen molar-refractivity contribution >= 4 is 11.6 Å². The highest BCUT2D eigenvalue weighted by molar-refractivity contribution is 6.06. The summed E-state index contributed by atoms with van der Waals surface area (Å²) in [5.74, 6) is -0.948. The van der Waals surface area contributed by atoms with Crippen molar-refractivity contribution in [3.63, 3.8) is 0 Å². The van der Waals surface area contributed by atoms with Crippen molar-refractivity contribution in [1.29, 1.82) is 0 Å². The van der Waals surface area contributed by atoms with Gasteiger partial charge in [0, 0.05) is 17.3 Å². The van der Waals surface area contributed by atoms with E-state index in [1.165, 1.54) is 12.1 Å². The van der Waals surface area contributed by atoms with Gasteiger partial charge >= 0.3 is 0 Å². The Balaban J connectivity index is 2.28. The second-order valence-electron chi connectivity index (χ2n) is 4.42. The fourth-order valence-corrected chi connectivity index (χ4v) is 1.88. The lowest BCUT2D eigenvalue weighted by Gasteiger charge is -2.13. The summed E-state index contributed by atoms with van der Waals surface area (Å²) in [7, 11) is 0. The number of aromatic hydroxyl groups is 2. The van der Waals surface area contributed by atoms with E-state index in [0.717, 1.165) is 6.07 Å². The number of phenols is 2. The molecule has 0 spiro atoms. The molecule has 0 saturated carbocycles. The minimum atomic E-state index is -0.722. The summed E-state index contributed by atoms with van der Waals surface area (Å²) in [5.41, 5.74) is 1.10. The SMILES string of the molecule is CC(O)c1ccccc1NC(=O)c1ccc(O)cc1O. The van der Waals surface area contributed by atoms with Crippen LogP contribution >= 0.6 is 0 Å². The van der Waals surface area contributed by atoms with Crippen LogP contribution in [0.2, 0.25) is 0 Å². The van der Waals surface area contributed by atoms with Crippen molar-refractivity contribution in [2.45, 2.75) is 13.0 Å². The van der Waals surface area contributed by atoms with Gasteiger partial charge in [-0.3, -0.25) is 4.79 Å². The molecule has 2 aromatic rings. The maximum absolute atomic E-state index is 12.1. The van der Waals surface area contributed by atoms with E-state index in [9.17, 15) is 20.1 Å². The Morgan fingerprint density at radius 2 is 1.85 bits per heavy atom. The third-order valence-corrected chi connectivity index (χ3v) is 2.89. The average Bonchev–Trinajstić information content (AvgIpc) is 2.38. The lowest BCUT2D eigenvalue weighted by molar-refractivity contribution is 0.102. The summed E-state index contributed by atoms with van der Waals surface area (Å²) in [4.78, 5) is 12.1. The molecule has 0 saturated heterocycles. The number of benzene rings is 2. The highest BCUT2D eigenvalue weighted by Crippen LogP contribution is 2.26. The van der Waals surface area contributed by atoms with Gasteiger partial charge in [0.2, 0.25) is 0 Å². The third-order valence-electron chi connectivity index (χ3n) is 2.89. The third kappa shape index (κ3) is 2.89. The quantitative estimate of drug-likeness (QED) is 0.691. The van der Waals surface area contributed by atoms with Crippen LogP contribution in [0.15, 0.2) is 42.5 Å². The van der Waals surface area contributed by atoms with Crippen LogP contribution in [0.5, 0.6) is 11.5 Å². The number of phenolic OH excluding ortho intramolecular Hbond substituents is 2. The van der Waals surface area contributed by atoms with E-state index in [1.54, 1.807) is 31.2 Å². The molecule has 0 radical (unpaired) electrons. The second kappa shape index (κ2) is 5.63. The zero-order valence-corrected chi connectivity index (χ0v) is 10.9. The van der Waals surface area contributed by atoms with Gasteiger partial charge < -0.3 is 20.6 Å². The fourth-order valence-electron chi connectivity index (χ4n) is 1.88. The molecule has 1 amide bonds. The van der Waals surface area contributed by atoms with E-state index in [2.05, 4.69) is 5.32 Å².